The first-order valence-corrected chi connectivity index (χ1v) is 6.08. The highest BCUT2D eigenvalue weighted by Crippen LogP contribution is 2.36. The zero-order valence-corrected chi connectivity index (χ0v) is 11.8. The van der Waals surface area contributed by atoms with Gasteiger partial charge in [-0.2, -0.15) is 0 Å². The average Bonchev–Trinajstić information content (AvgIpc) is 2.49. The van der Waals surface area contributed by atoms with Gasteiger partial charge in [0.1, 0.15) is 13.2 Å². The van der Waals surface area contributed by atoms with Gasteiger partial charge in [0.15, 0.2) is 18.1 Å². The third kappa shape index (κ3) is 4.69. The molecule has 0 N–H and O–H groups in total. The van der Waals surface area contributed by atoms with E-state index in [9.17, 15) is 4.79 Å². The minimum absolute atomic E-state index is 0.00692. The Morgan fingerprint density at radius 1 is 1.05 bits per heavy atom. The minimum atomic E-state index is -0.635. The number of carbonyl (C=O) groups excluding carboxylic acids is 1. The van der Waals surface area contributed by atoms with Crippen LogP contribution in [0.25, 0.3) is 0 Å². The van der Waals surface area contributed by atoms with Gasteiger partial charge in [-0.25, -0.2) is 4.79 Å². The molecule has 0 radical (unpaired) electrons. The molecule has 1 aromatic rings. The maximum atomic E-state index is 11.8. The zero-order valence-electron chi connectivity index (χ0n) is 11.0. The number of carbonyl (C=O) groups is 1. The molecule has 5 heteroatoms. The maximum absolute atomic E-state index is 11.8. The van der Waals surface area contributed by atoms with Crippen LogP contribution in [0.4, 0.5) is 0 Å². The molecule has 4 nitrogen and oxygen atoms in total. The molecule has 0 heterocycles. The van der Waals surface area contributed by atoms with Crippen LogP contribution in [0.2, 0.25) is 5.02 Å². The van der Waals surface area contributed by atoms with Gasteiger partial charge in [-0.15, -0.1) is 19.3 Å². The van der Waals surface area contributed by atoms with Crippen molar-refractivity contribution in [1.82, 2.24) is 0 Å². The second-order valence-electron chi connectivity index (χ2n) is 3.55. The van der Waals surface area contributed by atoms with Crippen molar-refractivity contribution in [3.05, 3.63) is 22.7 Å². The van der Waals surface area contributed by atoms with E-state index in [1.807, 2.05) is 0 Å². The van der Waals surface area contributed by atoms with Crippen LogP contribution < -0.4 is 9.47 Å². The lowest BCUT2D eigenvalue weighted by molar-refractivity contribution is 0.0556. The van der Waals surface area contributed by atoms with Gasteiger partial charge in [-0.1, -0.05) is 29.4 Å². The fraction of sp³-hybridized carbons (Fsp3) is 0.188. The van der Waals surface area contributed by atoms with E-state index >= 15 is 0 Å². The second-order valence-corrected chi connectivity index (χ2v) is 3.96. The van der Waals surface area contributed by atoms with Gasteiger partial charge < -0.3 is 14.2 Å². The van der Waals surface area contributed by atoms with Crippen LogP contribution in [-0.2, 0) is 4.74 Å². The number of hydrogen-bond acceptors (Lipinski definition) is 4. The summed E-state index contributed by atoms with van der Waals surface area (Å²) < 4.78 is 15.4. The minimum Gasteiger partial charge on any atom is -0.477 e. The Kier molecular flexibility index (Phi) is 6.55. The third-order valence-electron chi connectivity index (χ3n) is 2.14. The highest BCUT2D eigenvalue weighted by Gasteiger charge is 2.17. The predicted octanol–water partition coefficient (Wildman–Crippen LogP) is 2.15. The van der Waals surface area contributed by atoms with Gasteiger partial charge in [0.05, 0.1) is 10.6 Å². The number of benzene rings is 1. The summed E-state index contributed by atoms with van der Waals surface area (Å²) in [5.74, 6) is 6.56. The Hall–Kier alpha value is -2.74. The van der Waals surface area contributed by atoms with Crippen LogP contribution in [-0.4, -0.2) is 25.8 Å². The molecule has 0 unspecified atom stereocenters. The number of rotatable bonds is 6. The molecule has 0 amide bonds. The summed E-state index contributed by atoms with van der Waals surface area (Å²) >= 11 is 6.05. The van der Waals surface area contributed by atoms with E-state index in [-0.39, 0.29) is 41.9 Å². The number of hydrogen-bond donors (Lipinski definition) is 0. The van der Waals surface area contributed by atoms with Crippen LogP contribution in [0.5, 0.6) is 11.5 Å². The Morgan fingerprint density at radius 3 is 2.29 bits per heavy atom. The molecular formula is C16H11ClO4. The first kappa shape index (κ1) is 16.3. The molecule has 0 aliphatic heterocycles. The van der Waals surface area contributed by atoms with Crippen molar-refractivity contribution in [2.45, 2.75) is 0 Å². The van der Waals surface area contributed by atoms with Crippen molar-refractivity contribution >= 4 is 17.6 Å². The summed E-state index contributed by atoms with van der Waals surface area (Å²) in [7, 11) is 0. The number of ether oxygens (including phenoxy) is 3. The van der Waals surface area contributed by atoms with E-state index in [0.717, 1.165) is 0 Å². The summed E-state index contributed by atoms with van der Waals surface area (Å²) in [4.78, 5) is 11.8. The van der Waals surface area contributed by atoms with E-state index in [1.165, 1.54) is 12.1 Å². The van der Waals surface area contributed by atoms with Gasteiger partial charge in [0, 0.05) is 0 Å². The molecule has 21 heavy (non-hydrogen) atoms. The summed E-state index contributed by atoms with van der Waals surface area (Å²) in [5, 5.41) is 0.146. The van der Waals surface area contributed by atoms with Crippen LogP contribution in [0.15, 0.2) is 12.1 Å². The van der Waals surface area contributed by atoms with Gasteiger partial charge in [0.2, 0.25) is 0 Å². The molecule has 0 spiro atoms. The molecule has 0 atom stereocenters. The van der Waals surface area contributed by atoms with Crippen molar-refractivity contribution in [3.63, 3.8) is 0 Å². The second kappa shape index (κ2) is 8.43. The number of esters is 1. The van der Waals surface area contributed by atoms with E-state index in [0.29, 0.717) is 0 Å². The molecule has 0 saturated heterocycles. The Bertz CT molecular complexity index is 644. The lowest BCUT2D eigenvalue weighted by Gasteiger charge is -2.13. The zero-order chi connectivity index (χ0) is 15.7. The Balaban J connectivity index is 3.12. The Morgan fingerprint density at radius 2 is 1.67 bits per heavy atom. The SMILES string of the molecule is C#CCOC(=O)c1cc(Cl)c(OCC#C)c(OCC#C)c1. The summed E-state index contributed by atoms with van der Waals surface area (Å²) in [5.41, 5.74) is 0.162. The predicted molar refractivity (Wildman–Crippen MR) is 79.2 cm³/mol. The Labute approximate surface area is 128 Å². The number of terminal acetylenes is 3. The van der Waals surface area contributed by atoms with E-state index in [2.05, 4.69) is 17.8 Å². The van der Waals surface area contributed by atoms with Gasteiger partial charge in [-0.3, -0.25) is 0 Å². The quantitative estimate of drug-likeness (QED) is 0.597. The van der Waals surface area contributed by atoms with Crippen molar-refractivity contribution < 1.29 is 19.0 Å². The van der Waals surface area contributed by atoms with Crippen LogP contribution in [0, 0.1) is 37.0 Å². The van der Waals surface area contributed by atoms with Crippen molar-refractivity contribution in [3.8, 4) is 48.5 Å². The van der Waals surface area contributed by atoms with Crippen LogP contribution in [0.3, 0.4) is 0 Å². The molecule has 0 aromatic heterocycles. The molecule has 106 valence electrons. The average molecular weight is 303 g/mol. The molecular weight excluding hydrogens is 292 g/mol. The van der Waals surface area contributed by atoms with Gasteiger partial charge in [-0.05, 0) is 12.1 Å². The molecule has 1 aromatic carbocycles. The summed E-state index contributed by atoms with van der Waals surface area (Å²) in [6.07, 6.45) is 15.3. The molecule has 0 aliphatic rings. The topological polar surface area (TPSA) is 44.8 Å². The van der Waals surface area contributed by atoms with E-state index < -0.39 is 5.97 Å². The fourth-order valence-electron chi connectivity index (χ4n) is 1.36. The molecule has 0 saturated carbocycles. The smallest absolute Gasteiger partial charge is 0.339 e. The third-order valence-corrected chi connectivity index (χ3v) is 2.42. The monoisotopic (exact) mass is 302 g/mol. The first-order chi connectivity index (χ1) is 10.1. The van der Waals surface area contributed by atoms with E-state index in [1.54, 1.807) is 0 Å². The standard InChI is InChI=1S/C16H11ClO4/c1-4-7-19-14-11-12(16(18)21-9-6-3)10-13(17)15(14)20-8-5-2/h1-3,10-11H,7-9H2. The van der Waals surface area contributed by atoms with Crippen molar-refractivity contribution in [1.29, 1.82) is 0 Å². The maximum Gasteiger partial charge on any atom is 0.339 e. The van der Waals surface area contributed by atoms with Crippen LogP contribution in [0.1, 0.15) is 10.4 Å². The largest absolute Gasteiger partial charge is 0.477 e. The lowest BCUT2D eigenvalue weighted by atomic mass is 10.2. The summed E-state index contributed by atoms with van der Waals surface area (Å²) in [6.45, 7) is -0.176. The lowest BCUT2D eigenvalue weighted by Crippen LogP contribution is -2.07. The van der Waals surface area contributed by atoms with Crippen molar-refractivity contribution in [2.75, 3.05) is 19.8 Å². The van der Waals surface area contributed by atoms with Gasteiger partial charge in [0.25, 0.3) is 0 Å². The fourth-order valence-corrected chi connectivity index (χ4v) is 1.62. The molecule has 0 aliphatic carbocycles. The highest BCUT2D eigenvalue weighted by atomic mass is 35.5. The highest BCUT2D eigenvalue weighted by molar-refractivity contribution is 6.32. The van der Waals surface area contributed by atoms with Crippen molar-refractivity contribution in [2.24, 2.45) is 0 Å². The van der Waals surface area contributed by atoms with E-state index in [4.69, 9.17) is 45.1 Å². The molecule has 1 rings (SSSR count). The first-order valence-electron chi connectivity index (χ1n) is 5.70. The summed E-state index contributed by atoms with van der Waals surface area (Å²) in [6, 6.07) is 2.77. The molecule has 0 fully saturated rings. The van der Waals surface area contributed by atoms with Crippen LogP contribution >= 0.6 is 11.6 Å². The normalized spacial score (nSPS) is 8.86. The van der Waals surface area contributed by atoms with Gasteiger partial charge >= 0.3 is 5.97 Å². The molecule has 0 bridgehead atoms. The number of halogens is 1.